The molecule has 4 aliphatic rings. The van der Waals surface area contributed by atoms with Crippen molar-refractivity contribution in [3.63, 3.8) is 0 Å². The van der Waals surface area contributed by atoms with Crippen LogP contribution in [0.15, 0.2) is 54.6 Å². The van der Waals surface area contributed by atoms with Crippen LogP contribution in [0.4, 0.5) is 42.5 Å². The summed E-state index contributed by atoms with van der Waals surface area (Å²) in [5, 5.41) is 2.58. The zero-order chi connectivity index (χ0) is 56.2. The van der Waals surface area contributed by atoms with E-state index < -0.39 is 75.5 Å². The van der Waals surface area contributed by atoms with Crippen LogP contribution in [0.5, 0.6) is 11.5 Å². The molecule has 2 aliphatic heterocycles. The number of nitrogens with zero attached hydrogens (tertiary/aromatic N) is 4. The van der Waals surface area contributed by atoms with E-state index in [-0.39, 0.29) is 79.8 Å². The summed E-state index contributed by atoms with van der Waals surface area (Å²) in [6.45, 7) is 17.6. The van der Waals surface area contributed by atoms with Gasteiger partial charge >= 0.3 is 18.4 Å². The Morgan fingerprint density at radius 3 is 1.43 bits per heavy atom. The molecule has 14 nitrogen and oxygen atoms in total. The van der Waals surface area contributed by atoms with Gasteiger partial charge in [-0.15, -0.1) is 0 Å². The normalized spacial score (nSPS) is 21.1. The summed E-state index contributed by atoms with van der Waals surface area (Å²) in [4.78, 5) is 71.9. The standard InChI is InChI=1S/C32H40F3N3O5.C24H34F3N3O3/c1-20(2)38(23-13-11-21(3)12-14-23)28(39)24-17-26-27(18-25(24)32(33,34)35)43-31(4,5)29(40)37(26)16-15-36-30(41)42-19-22-9-7-6-8-10-22;1-14(2)30(16-8-6-15(3)7-9-16)21(31)17-12-19-20(13-18(17)24(25,26)27)33-23(4,5)22(32)29(19)11-10-28/h6-10,17-18,20-21,23H,11-16,19H2,1-5H3,(H,36,41);12-16H,6-11,28H2,1-5H3. The van der Waals surface area contributed by atoms with Crippen LogP contribution in [0, 0.1) is 11.8 Å². The van der Waals surface area contributed by atoms with Gasteiger partial charge in [0.2, 0.25) is 0 Å². The van der Waals surface area contributed by atoms with Crippen LogP contribution < -0.4 is 30.3 Å². The molecule has 5 amide bonds. The maximum Gasteiger partial charge on any atom is 0.417 e. The highest BCUT2D eigenvalue weighted by Gasteiger charge is 2.47. The van der Waals surface area contributed by atoms with E-state index in [1.54, 1.807) is 23.6 Å². The number of nitrogens with one attached hydrogen (secondary N) is 1. The molecule has 20 heteroatoms. The highest BCUT2D eigenvalue weighted by molar-refractivity contribution is 6.06. The van der Waals surface area contributed by atoms with E-state index in [1.807, 2.05) is 44.2 Å². The van der Waals surface area contributed by atoms with Gasteiger partial charge in [-0.2, -0.15) is 26.3 Å². The number of benzene rings is 3. The zero-order valence-corrected chi connectivity index (χ0v) is 45.3. The Balaban J connectivity index is 0.000000255. The Labute approximate surface area is 441 Å². The van der Waals surface area contributed by atoms with E-state index >= 15 is 0 Å². The van der Waals surface area contributed by atoms with Crippen LogP contribution in [0.3, 0.4) is 0 Å². The first-order valence-electron chi connectivity index (χ1n) is 26.3. The molecule has 0 bridgehead atoms. The van der Waals surface area contributed by atoms with Crippen molar-refractivity contribution in [2.75, 3.05) is 36.0 Å². The molecule has 0 spiro atoms. The van der Waals surface area contributed by atoms with Gasteiger partial charge < -0.3 is 44.9 Å². The van der Waals surface area contributed by atoms with Crippen molar-refractivity contribution in [3.05, 3.63) is 82.4 Å². The molecule has 2 heterocycles. The van der Waals surface area contributed by atoms with Gasteiger partial charge in [-0.3, -0.25) is 19.2 Å². The molecule has 7 rings (SSSR count). The molecule has 2 aliphatic carbocycles. The molecule has 2 fully saturated rings. The first-order valence-corrected chi connectivity index (χ1v) is 26.3. The van der Waals surface area contributed by atoms with E-state index in [0.29, 0.717) is 24.7 Å². The van der Waals surface area contributed by atoms with E-state index in [4.69, 9.17) is 19.9 Å². The summed E-state index contributed by atoms with van der Waals surface area (Å²) >= 11 is 0. The topological polar surface area (TPSA) is 164 Å². The lowest BCUT2D eigenvalue weighted by Crippen LogP contribution is -2.54. The Bertz CT molecular complexity index is 2570. The highest BCUT2D eigenvalue weighted by Crippen LogP contribution is 2.47. The average Bonchev–Trinajstić information content (AvgIpc) is 3.35. The number of hydrogen-bond donors (Lipinski definition) is 2. The van der Waals surface area contributed by atoms with Crippen molar-refractivity contribution in [1.29, 1.82) is 0 Å². The van der Waals surface area contributed by atoms with Crippen molar-refractivity contribution < 1.29 is 64.5 Å². The minimum absolute atomic E-state index is 0.0427. The Morgan fingerprint density at radius 1 is 0.671 bits per heavy atom. The first-order chi connectivity index (χ1) is 35.5. The van der Waals surface area contributed by atoms with Crippen LogP contribution in [0.2, 0.25) is 0 Å². The van der Waals surface area contributed by atoms with Gasteiger partial charge in [0.25, 0.3) is 23.6 Å². The number of amides is 5. The average molecular weight is 1070 g/mol. The van der Waals surface area contributed by atoms with Gasteiger partial charge in [-0.1, -0.05) is 44.2 Å². The summed E-state index contributed by atoms with van der Waals surface area (Å²) in [7, 11) is 0. The quantitative estimate of drug-likeness (QED) is 0.159. The maximum atomic E-state index is 14.4. The number of rotatable bonds is 13. The lowest BCUT2D eigenvalue weighted by Gasteiger charge is -2.41. The Kier molecular flexibility index (Phi) is 18.4. The van der Waals surface area contributed by atoms with Gasteiger partial charge in [0, 0.05) is 50.3 Å². The van der Waals surface area contributed by atoms with Crippen LogP contribution in [0.25, 0.3) is 0 Å². The third-order valence-electron chi connectivity index (χ3n) is 14.6. The number of fused-ring (bicyclic) bond motifs is 2. The first kappa shape index (κ1) is 59.2. The van der Waals surface area contributed by atoms with E-state index in [0.717, 1.165) is 68.4 Å². The minimum atomic E-state index is -4.84. The number of carbonyl (C=O) groups excluding carboxylic acids is 5. The number of carbonyl (C=O) groups is 5. The second-order valence-electron chi connectivity index (χ2n) is 22.1. The van der Waals surface area contributed by atoms with Gasteiger partial charge in [0.15, 0.2) is 11.2 Å². The lowest BCUT2D eigenvalue weighted by molar-refractivity contribution is -0.139. The van der Waals surface area contributed by atoms with Crippen molar-refractivity contribution >= 4 is 41.1 Å². The summed E-state index contributed by atoms with van der Waals surface area (Å²) in [6.07, 6.45) is -3.73. The Morgan fingerprint density at radius 2 is 1.07 bits per heavy atom. The zero-order valence-electron chi connectivity index (χ0n) is 45.3. The van der Waals surface area contributed by atoms with Crippen molar-refractivity contribution in [3.8, 4) is 11.5 Å². The van der Waals surface area contributed by atoms with Crippen molar-refractivity contribution in [2.24, 2.45) is 17.6 Å². The second-order valence-corrected chi connectivity index (χ2v) is 22.1. The number of anilines is 2. The summed E-state index contributed by atoms with van der Waals surface area (Å²) in [5.41, 5.74) is 0.664. The SMILES string of the molecule is CC1CCC(N(C(=O)c2cc3c(cc2C(F)(F)F)OC(C)(C)C(=O)N3CCN)C(C)C)CC1.CC1CCC(N(C(=O)c2cc3c(cc2C(F)(F)F)OC(C)(C)C(=O)N3CCNC(=O)OCc2ccccc2)C(C)C)CC1. The molecule has 0 unspecified atom stereocenters. The molecule has 76 heavy (non-hydrogen) atoms. The van der Waals surface area contributed by atoms with Crippen LogP contribution >= 0.6 is 0 Å². The molecule has 3 aromatic rings. The molecular weight excluding hydrogens is 999 g/mol. The molecule has 3 N–H and O–H groups in total. The Hall–Kier alpha value is -6.05. The number of hydrogen-bond acceptors (Lipinski definition) is 9. The predicted molar refractivity (Wildman–Crippen MR) is 276 cm³/mol. The molecule has 418 valence electrons. The molecule has 2 saturated carbocycles. The fourth-order valence-corrected chi connectivity index (χ4v) is 10.6. The molecule has 0 saturated heterocycles. The van der Waals surface area contributed by atoms with Crippen LogP contribution in [0.1, 0.15) is 158 Å². The summed E-state index contributed by atoms with van der Waals surface area (Å²) in [6, 6.07) is 12.1. The lowest BCUT2D eigenvalue weighted by atomic mass is 9.85. The number of alkyl halides is 6. The van der Waals surface area contributed by atoms with Crippen LogP contribution in [-0.2, 0) is 33.3 Å². The molecule has 3 aromatic carbocycles. The second kappa shape index (κ2) is 23.7. The van der Waals surface area contributed by atoms with E-state index in [9.17, 15) is 50.3 Å². The predicted octanol–water partition coefficient (Wildman–Crippen LogP) is 11.2. The van der Waals surface area contributed by atoms with Crippen molar-refractivity contribution in [1.82, 2.24) is 15.1 Å². The summed E-state index contributed by atoms with van der Waals surface area (Å²) in [5.74, 6) is -1.55. The van der Waals surface area contributed by atoms with Gasteiger partial charge in [-0.25, -0.2) is 4.79 Å². The fraction of sp³-hybridized carbons (Fsp3) is 0.589. The third kappa shape index (κ3) is 13.5. The van der Waals surface area contributed by atoms with E-state index in [2.05, 4.69) is 19.2 Å². The molecular formula is C56H74F6N6O8. The number of alkyl carbamates (subject to hydrolysis) is 1. The fourth-order valence-electron chi connectivity index (χ4n) is 10.6. The van der Waals surface area contributed by atoms with Gasteiger partial charge in [-0.05, 0) is 148 Å². The third-order valence-corrected chi connectivity index (χ3v) is 14.6. The largest absolute Gasteiger partial charge is 0.476 e. The smallest absolute Gasteiger partial charge is 0.417 e. The molecule has 0 radical (unpaired) electrons. The monoisotopic (exact) mass is 1070 g/mol. The molecule has 0 atom stereocenters. The number of nitrogens with two attached hydrogens (primary N) is 1. The van der Waals surface area contributed by atoms with Crippen molar-refractivity contribution in [2.45, 2.75) is 175 Å². The van der Waals surface area contributed by atoms with Gasteiger partial charge in [0.1, 0.15) is 18.1 Å². The molecule has 0 aromatic heterocycles. The number of ether oxygens (including phenoxy) is 3. The minimum Gasteiger partial charge on any atom is -0.476 e. The number of halogens is 6. The van der Waals surface area contributed by atoms with Crippen LogP contribution in [-0.4, -0.2) is 101 Å². The summed E-state index contributed by atoms with van der Waals surface area (Å²) < 4.78 is 102. The van der Waals surface area contributed by atoms with E-state index in [1.165, 1.54) is 37.5 Å². The van der Waals surface area contributed by atoms with Gasteiger partial charge in [0.05, 0.1) is 33.6 Å². The highest BCUT2D eigenvalue weighted by atomic mass is 19.4. The maximum absolute atomic E-state index is 14.4.